The van der Waals surface area contributed by atoms with Gasteiger partial charge in [0, 0.05) is 13.0 Å². The molecule has 3 N–H and O–H groups in total. The number of hydrogen-bond donors (Lipinski definition) is 2. The first-order valence-electron chi connectivity index (χ1n) is 5.65. The number of likely N-dealkylation sites (tertiary alicyclic amines) is 1. The average molecular weight is 262 g/mol. The van der Waals surface area contributed by atoms with Crippen molar-refractivity contribution in [1.29, 1.82) is 5.26 Å². The summed E-state index contributed by atoms with van der Waals surface area (Å²) in [6.45, 7) is 4.11. The Bertz CT molecular complexity index is 306. The maximum absolute atomic E-state index is 12.0. The molecule has 0 saturated carbocycles. The Hall–Kier alpha value is -0.830. The van der Waals surface area contributed by atoms with Crippen LogP contribution in [0.15, 0.2) is 0 Å². The minimum absolute atomic E-state index is 0. The summed E-state index contributed by atoms with van der Waals surface area (Å²) in [5.41, 5.74) is 5.83. The molecule has 0 bridgehead atoms. The van der Waals surface area contributed by atoms with Gasteiger partial charge >= 0.3 is 0 Å². The first-order valence-corrected chi connectivity index (χ1v) is 5.65. The number of halogens is 1. The van der Waals surface area contributed by atoms with Crippen molar-refractivity contribution in [2.45, 2.75) is 44.9 Å². The number of nitriles is 1. The number of carbonyl (C=O) groups excluding carboxylic acids is 1. The smallest absolute Gasteiger partial charge is 0.240 e. The standard InChI is InChI=1S/C11H19N3O2.ClH/c1-3-7(2)10(13)11(16)14-6-9(15)4-8(14)5-12;/h7-10,15H,3-4,6,13H2,1-2H3;1H/t7-,8-,9-,10-;/m0./s1. The fourth-order valence-corrected chi connectivity index (χ4v) is 1.87. The van der Waals surface area contributed by atoms with Gasteiger partial charge in [0.25, 0.3) is 0 Å². The highest BCUT2D eigenvalue weighted by molar-refractivity contribution is 5.85. The molecule has 0 spiro atoms. The van der Waals surface area contributed by atoms with Crippen LogP contribution in [0.4, 0.5) is 0 Å². The SMILES string of the molecule is CC[C@H](C)[C@H](N)C(=O)N1C[C@@H](O)C[C@H]1C#N.Cl. The molecule has 1 fully saturated rings. The quantitative estimate of drug-likeness (QED) is 0.763. The van der Waals surface area contributed by atoms with Crippen LogP contribution in [-0.2, 0) is 4.79 Å². The lowest BCUT2D eigenvalue weighted by Gasteiger charge is -2.26. The Kier molecular flexibility index (Phi) is 6.46. The zero-order chi connectivity index (χ0) is 12.3. The normalized spacial score (nSPS) is 26.9. The lowest BCUT2D eigenvalue weighted by atomic mass is 9.99. The van der Waals surface area contributed by atoms with Gasteiger partial charge in [-0.25, -0.2) is 0 Å². The molecule has 0 aromatic carbocycles. The molecule has 1 saturated heterocycles. The maximum atomic E-state index is 12.0. The summed E-state index contributed by atoms with van der Waals surface area (Å²) in [4.78, 5) is 13.4. The van der Waals surface area contributed by atoms with Crippen LogP contribution in [0.3, 0.4) is 0 Å². The van der Waals surface area contributed by atoms with Gasteiger partial charge in [-0.3, -0.25) is 4.79 Å². The number of aliphatic hydroxyl groups is 1. The topological polar surface area (TPSA) is 90.3 Å². The number of nitrogens with two attached hydrogens (primary N) is 1. The van der Waals surface area contributed by atoms with Crippen molar-refractivity contribution in [1.82, 2.24) is 4.90 Å². The van der Waals surface area contributed by atoms with Gasteiger partial charge in [0.15, 0.2) is 0 Å². The van der Waals surface area contributed by atoms with Crippen LogP contribution in [0.5, 0.6) is 0 Å². The third-order valence-electron chi connectivity index (χ3n) is 3.25. The zero-order valence-corrected chi connectivity index (χ0v) is 11.0. The van der Waals surface area contributed by atoms with Gasteiger partial charge in [-0.05, 0) is 5.92 Å². The van der Waals surface area contributed by atoms with Crippen molar-refractivity contribution in [2.75, 3.05) is 6.54 Å². The first-order chi connectivity index (χ1) is 7.51. The summed E-state index contributed by atoms with van der Waals surface area (Å²) >= 11 is 0. The summed E-state index contributed by atoms with van der Waals surface area (Å²) in [7, 11) is 0. The molecule has 4 atom stereocenters. The molecule has 1 rings (SSSR count). The van der Waals surface area contributed by atoms with Crippen LogP contribution < -0.4 is 5.73 Å². The highest BCUT2D eigenvalue weighted by Crippen LogP contribution is 2.20. The summed E-state index contributed by atoms with van der Waals surface area (Å²) in [6, 6.07) is 0.919. The second-order valence-corrected chi connectivity index (χ2v) is 4.44. The second kappa shape index (κ2) is 6.80. The molecule has 1 heterocycles. The number of rotatable bonds is 3. The fourth-order valence-electron chi connectivity index (χ4n) is 1.87. The van der Waals surface area contributed by atoms with E-state index in [4.69, 9.17) is 11.0 Å². The minimum Gasteiger partial charge on any atom is -0.391 e. The summed E-state index contributed by atoms with van der Waals surface area (Å²) in [5.74, 6) is -0.137. The molecule has 0 aromatic heterocycles. The van der Waals surface area contributed by atoms with Gasteiger partial charge in [-0.1, -0.05) is 20.3 Å². The molecule has 5 nitrogen and oxygen atoms in total. The van der Waals surface area contributed by atoms with E-state index in [0.717, 1.165) is 6.42 Å². The van der Waals surface area contributed by atoms with E-state index < -0.39 is 18.2 Å². The van der Waals surface area contributed by atoms with Gasteiger partial charge < -0.3 is 15.7 Å². The van der Waals surface area contributed by atoms with Gasteiger partial charge in [0.1, 0.15) is 6.04 Å². The summed E-state index contributed by atoms with van der Waals surface area (Å²) < 4.78 is 0. The van der Waals surface area contributed by atoms with E-state index in [1.807, 2.05) is 19.9 Å². The lowest BCUT2D eigenvalue weighted by Crippen LogP contribution is -2.48. The van der Waals surface area contributed by atoms with E-state index in [0.29, 0.717) is 6.42 Å². The monoisotopic (exact) mass is 261 g/mol. The predicted molar refractivity (Wildman–Crippen MR) is 66.4 cm³/mol. The molecule has 0 aliphatic carbocycles. The van der Waals surface area contributed by atoms with Crippen molar-refractivity contribution < 1.29 is 9.90 Å². The van der Waals surface area contributed by atoms with Gasteiger partial charge in [-0.2, -0.15) is 5.26 Å². The molecule has 0 unspecified atom stereocenters. The minimum atomic E-state index is -0.599. The number of aliphatic hydroxyl groups excluding tert-OH is 1. The van der Waals surface area contributed by atoms with Crippen LogP contribution in [0.1, 0.15) is 26.7 Å². The van der Waals surface area contributed by atoms with E-state index >= 15 is 0 Å². The molecule has 6 heteroatoms. The van der Waals surface area contributed by atoms with Gasteiger partial charge in [0.05, 0.1) is 18.2 Å². The predicted octanol–water partition coefficient (Wildman–Crippen LogP) is 0.267. The largest absolute Gasteiger partial charge is 0.391 e. The number of amides is 1. The van der Waals surface area contributed by atoms with Crippen LogP contribution in [0.25, 0.3) is 0 Å². The van der Waals surface area contributed by atoms with E-state index in [2.05, 4.69) is 0 Å². The van der Waals surface area contributed by atoms with Crippen LogP contribution in [0, 0.1) is 17.2 Å². The lowest BCUT2D eigenvalue weighted by molar-refractivity contribution is -0.134. The number of hydrogen-bond acceptors (Lipinski definition) is 4. The molecule has 0 aromatic rings. The Labute approximate surface area is 108 Å². The van der Waals surface area contributed by atoms with Crippen molar-refractivity contribution in [2.24, 2.45) is 11.7 Å². The Morgan fingerprint density at radius 1 is 1.71 bits per heavy atom. The molecule has 1 aliphatic heterocycles. The summed E-state index contributed by atoms with van der Waals surface area (Å²) in [5, 5.41) is 18.3. The average Bonchev–Trinajstić information content (AvgIpc) is 2.67. The summed E-state index contributed by atoms with van der Waals surface area (Å²) in [6.07, 6.45) is 0.549. The fraction of sp³-hybridized carbons (Fsp3) is 0.818. The van der Waals surface area contributed by atoms with E-state index in [1.54, 1.807) is 0 Å². The Morgan fingerprint density at radius 3 is 2.76 bits per heavy atom. The highest BCUT2D eigenvalue weighted by Gasteiger charge is 2.37. The zero-order valence-electron chi connectivity index (χ0n) is 10.2. The van der Waals surface area contributed by atoms with E-state index in [-0.39, 0.29) is 30.8 Å². The Balaban J connectivity index is 0.00000256. The molecular formula is C11H20ClN3O2. The first kappa shape index (κ1) is 16.2. The van der Waals surface area contributed by atoms with Gasteiger partial charge in [0.2, 0.25) is 5.91 Å². The maximum Gasteiger partial charge on any atom is 0.240 e. The van der Waals surface area contributed by atoms with Crippen LogP contribution in [0.2, 0.25) is 0 Å². The number of carbonyl (C=O) groups is 1. The highest BCUT2D eigenvalue weighted by atomic mass is 35.5. The number of nitrogens with zero attached hydrogens (tertiary/aromatic N) is 2. The molecule has 17 heavy (non-hydrogen) atoms. The van der Waals surface area contributed by atoms with Crippen LogP contribution in [-0.4, -0.2) is 40.6 Å². The van der Waals surface area contributed by atoms with E-state index in [9.17, 15) is 9.90 Å². The van der Waals surface area contributed by atoms with E-state index in [1.165, 1.54) is 4.90 Å². The molecule has 1 amide bonds. The molecule has 0 radical (unpaired) electrons. The van der Waals surface area contributed by atoms with Crippen molar-refractivity contribution >= 4 is 18.3 Å². The van der Waals surface area contributed by atoms with Crippen molar-refractivity contribution in [3.8, 4) is 6.07 Å². The van der Waals surface area contributed by atoms with Crippen molar-refractivity contribution in [3.63, 3.8) is 0 Å². The molecule has 98 valence electrons. The third-order valence-corrected chi connectivity index (χ3v) is 3.25. The van der Waals surface area contributed by atoms with Crippen LogP contribution >= 0.6 is 12.4 Å². The van der Waals surface area contributed by atoms with Gasteiger partial charge in [-0.15, -0.1) is 12.4 Å². The number of β-amino-alcohol motifs (C(OH)–C–C–N with tert-alkyl or cyclic N) is 1. The van der Waals surface area contributed by atoms with Crippen molar-refractivity contribution in [3.05, 3.63) is 0 Å². The third kappa shape index (κ3) is 3.56. The molecule has 1 aliphatic rings. The second-order valence-electron chi connectivity index (χ2n) is 4.44. The molecular weight excluding hydrogens is 242 g/mol. The Morgan fingerprint density at radius 2 is 2.29 bits per heavy atom.